The van der Waals surface area contributed by atoms with Crippen molar-refractivity contribution >= 4 is 64.4 Å². The first-order valence-corrected chi connectivity index (χ1v) is 11.2. The molecule has 0 spiro atoms. The van der Waals surface area contributed by atoms with Crippen molar-refractivity contribution in [2.24, 2.45) is 0 Å². The molecule has 3 aromatic rings. The third-order valence-corrected chi connectivity index (χ3v) is 6.26. The number of amides is 2. The van der Waals surface area contributed by atoms with E-state index in [1.807, 2.05) is 0 Å². The smallest absolute Gasteiger partial charge is 0.335 e. The number of carbonyl (C=O) groups is 4. The van der Waals surface area contributed by atoms with Crippen molar-refractivity contribution in [1.29, 1.82) is 0 Å². The van der Waals surface area contributed by atoms with Crippen LogP contribution in [0.4, 0.5) is 5.69 Å². The summed E-state index contributed by atoms with van der Waals surface area (Å²) < 4.78 is 1.73. The SMILES string of the molecule is Cc1cc(C=C2C(=O)NC(=S)N(c3cccc(C(=O)O)c3)C2=O)c(C)n1-c1cc(C(=O)O)ccc1Cl. The van der Waals surface area contributed by atoms with Crippen molar-refractivity contribution < 1.29 is 29.4 Å². The lowest BCUT2D eigenvalue weighted by Crippen LogP contribution is -2.54. The highest BCUT2D eigenvalue weighted by atomic mass is 35.5. The monoisotopic (exact) mass is 523 g/mol. The van der Waals surface area contributed by atoms with Crippen LogP contribution in [0, 0.1) is 13.8 Å². The first kappa shape index (κ1) is 24.8. The molecule has 0 bridgehead atoms. The minimum atomic E-state index is -1.18. The number of hydrogen-bond acceptors (Lipinski definition) is 5. The Bertz CT molecular complexity index is 1520. The number of nitrogens with zero attached hydrogens (tertiary/aromatic N) is 2. The molecule has 1 aliphatic heterocycles. The van der Waals surface area contributed by atoms with E-state index in [0.29, 0.717) is 27.7 Å². The second kappa shape index (κ2) is 9.40. The molecule has 0 saturated carbocycles. The summed E-state index contributed by atoms with van der Waals surface area (Å²) >= 11 is 11.5. The van der Waals surface area contributed by atoms with Crippen molar-refractivity contribution in [1.82, 2.24) is 9.88 Å². The number of aryl methyl sites for hydroxylation is 1. The summed E-state index contributed by atoms with van der Waals surface area (Å²) in [6, 6.07) is 11.7. The van der Waals surface area contributed by atoms with Gasteiger partial charge in [0, 0.05) is 11.4 Å². The molecule has 1 aliphatic rings. The molecule has 1 aromatic heterocycles. The topological polar surface area (TPSA) is 129 Å². The maximum atomic E-state index is 13.3. The van der Waals surface area contributed by atoms with Gasteiger partial charge in [-0.15, -0.1) is 0 Å². The third kappa shape index (κ3) is 4.39. The Morgan fingerprint density at radius 1 is 1.00 bits per heavy atom. The zero-order chi connectivity index (χ0) is 26.3. The minimum Gasteiger partial charge on any atom is -0.478 e. The number of thiocarbonyl (C=S) groups is 1. The molecule has 11 heteroatoms. The summed E-state index contributed by atoms with van der Waals surface area (Å²) in [6.45, 7) is 3.52. The summed E-state index contributed by atoms with van der Waals surface area (Å²) in [6.07, 6.45) is 1.40. The van der Waals surface area contributed by atoms with E-state index in [0.717, 1.165) is 4.90 Å². The molecule has 2 aromatic carbocycles. The van der Waals surface area contributed by atoms with Gasteiger partial charge in [0.2, 0.25) is 0 Å². The molecule has 3 N–H and O–H groups in total. The molecule has 36 heavy (non-hydrogen) atoms. The molecular formula is C25H18ClN3O6S. The lowest BCUT2D eigenvalue weighted by Gasteiger charge is -2.29. The fraction of sp³-hybridized carbons (Fsp3) is 0.0800. The van der Waals surface area contributed by atoms with Crippen LogP contribution in [0.5, 0.6) is 0 Å². The zero-order valence-corrected chi connectivity index (χ0v) is 20.5. The summed E-state index contributed by atoms with van der Waals surface area (Å²) in [4.78, 5) is 49.9. The van der Waals surface area contributed by atoms with E-state index in [1.54, 1.807) is 24.5 Å². The molecule has 9 nitrogen and oxygen atoms in total. The summed E-state index contributed by atoms with van der Waals surface area (Å²) in [5.74, 6) is -3.70. The van der Waals surface area contributed by atoms with Gasteiger partial charge in [0.1, 0.15) is 5.57 Å². The number of benzene rings is 2. The maximum absolute atomic E-state index is 13.3. The normalized spacial score (nSPS) is 14.8. The molecule has 1 fully saturated rings. The van der Waals surface area contributed by atoms with Crippen molar-refractivity contribution in [2.45, 2.75) is 13.8 Å². The van der Waals surface area contributed by atoms with Crippen LogP contribution in [0.2, 0.25) is 5.02 Å². The number of hydrogen-bond donors (Lipinski definition) is 3. The lowest BCUT2D eigenvalue weighted by atomic mass is 10.1. The largest absolute Gasteiger partial charge is 0.478 e. The van der Waals surface area contributed by atoms with Crippen LogP contribution in [0.3, 0.4) is 0 Å². The van der Waals surface area contributed by atoms with Crippen molar-refractivity contribution in [3.05, 3.63) is 87.2 Å². The Balaban J connectivity index is 1.79. The van der Waals surface area contributed by atoms with Gasteiger partial charge in [-0.1, -0.05) is 17.7 Å². The second-order valence-electron chi connectivity index (χ2n) is 7.95. The number of carboxylic acid groups (broad SMARTS) is 2. The van der Waals surface area contributed by atoms with Gasteiger partial charge in [-0.05, 0) is 80.2 Å². The molecule has 1 saturated heterocycles. The average molecular weight is 524 g/mol. The van der Waals surface area contributed by atoms with Gasteiger partial charge in [-0.2, -0.15) is 0 Å². The fourth-order valence-electron chi connectivity index (χ4n) is 3.95. The number of carbonyl (C=O) groups excluding carboxylic acids is 2. The first-order chi connectivity index (χ1) is 17.0. The first-order valence-electron chi connectivity index (χ1n) is 10.5. The van der Waals surface area contributed by atoms with Crippen molar-refractivity contribution in [3.8, 4) is 5.69 Å². The molecule has 182 valence electrons. The summed E-state index contributed by atoms with van der Waals surface area (Å²) in [5, 5.41) is 21.3. The van der Waals surface area contributed by atoms with Gasteiger partial charge >= 0.3 is 11.9 Å². The van der Waals surface area contributed by atoms with Gasteiger partial charge in [0.05, 0.1) is 27.5 Å². The Hall–Kier alpha value is -4.28. The molecule has 0 aliphatic carbocycles. The number of rotatable bonds is 5. The number of nitrogens with one attached hydrogen (secondary N) is 1. The van der Waals surface area contributed by atoms with Crippen LogP contribution in [0.25, 0.3) is 11.8 Å². The molecule has 0 unspecified atom stereocenters. The van der Waals surface area contributed by atoms with Crippen LogP contribution >= 0.6 is 23.8 Å². The second-order valence-corrected chi connectivity index (χ2v) is 8.74. The van der Waals surface area contributed by atoms with Gasteiger partial charge in [-0.3, -0.25) is 19.8 Å². The van der Waals surface area contributed by atoms with E-state index in [9.17, 15) is 29.4 Å². The van der Waals surface area contributed by atoms with E-state index in [2.05, 4.69) is 5.32 Å². The number of aromatic nitrogens is 1. The quantitative estimate of drug-likeness (QED) is 0.262. The summed E-state index contributed by atoms with van der Waals surface area (Å²) in [7, 11) is 0. The predicted molar refractivity (Wildman–Crippen MR) is 137 cm³/mol. The molecule has 4 rings (SSSR count). The Morgan fingerprint density at radius 2 is 1.67 bits per heavy atom. The predicted octanol–water partition coefficient (Wildman–Crippen LogP) is 3.98. The zero-order valence-electron chi connectivity index (χ0n) is 18.9. The van der Waals surface area contributed by atoms with Crippen LogP contribution in [0.15, 0.2) is 54.1 Å². The van der Waals surface area contributed by atoms with E-state index in [-0.39, 0.29) is 27.5 Å². The molecule has 0 radical (unpaired) electrons. The average Bonchev–Trinajstić information content (AvgIpc) is 3.09. The molecule has 2 heterocycles. The van der Waals surface area contributed by atoms with Gasteiger partial charge in [-0.25, -0.2) is 9.59 Å². The Kier molecular flexibility index (Phi) is 6.49. The van der Waals surface area contributed by atoms with Crippen molar-refractivity contribution in [3.63, 3.8) is 0 Å². The highest BCUT2D eigenvalue weighted by Crippen LogP contribution is 2.30. The van der Waals surface area contributed by atoms with Gasteiger partial charge in [0.15, 0.2) is 5.11 Å². The van der Waals surface area contributed by atoms with E-state index < -0.39 is 23.8 Å². The minimum absolute atomic E-state index is 0.0467. The number of aromatic carboxylic acids is 2. The van der Waals surface area contributed by atoms with E-state index >= 15 is 0 Å². The number of anilines is 1. The number of carboxylic acids is 2. The van der Waals surface area contributed by atoms with Gasteiger partial charge in [0.25, 0.3) is 11.8 Å². The Labute approximate surface area is 215 Å². The lowest BCUT2D eigenvalue weighted by molar-refractivity contribution is -0.122. The van der Waals surface area contributed by atoms with E-state index in [1.165, 1.54) is 48.5 Å². The third-order valence-electron chi connectivity index (χ3n) is 5.66. The molecule has 2 amide bonds. The van der Waals surface area contributed by atoms with Crippen LogP contribution in [-0.2, 0) is 9.59 Å². The van der Waals surface area contributed by atoms with Crippen molar-refractivity contribution in [2.75, 3.05) is 4.90 Å². The molecular weight excluding hydrogens is 506 g/mol. The highest BCUT2D eigenvalue weighted by Gasteiger charge is 2.35. The maximum Gasteiger partial charge on any atom is 0.335 e. The Morgan fingerprint density at radius 3 is 2.33 bits per heavy atom. The number of halogens is 1. The van der Waals surface area contributed by atoms with Gasteiger partial charge < -0.3 is 14.8 Å². The standard InChI is InChI=1S/C25H18ClN3O6S/c1-12-8-16(13(2)28(12)20-11-15(24(34)35)6-7-19(20)26)10-18-21(30)27-25(36)29(22(18)31)17-5-3-4-14(9-17)23(32)33/h3-11H,1-2H3,(H,32,33)(H,34,35)(H,27,30,36). The molecule has 0 atom stereocenters. The van der Waals surface area contributed by atoms with Crippen LogP contribution in [0.1, 0.15) is 37.7 Å². The van der Waals surface area contributed by atoms with E-state index in [4.69, 9.17) is 23.8 Å². The highest BCUT2D eigenvalue weighted by molar-refractivity contribution is 7.80. The van der Waals surface area contributed by atoms with Crippen LogP contribution in [-0.4, -0.2) is 43.6 Å². The summed E-state index contributed by atoms with van der Waals surface area (Å²) in [5.41, 5.74) is 2.24. The fourth-order valence-corrected chi connectivity index (χ4v) is 4.43. The van der Waals surface area contributed by atoms with Crippen LogP contribution < -0.4 is 10.2 Å².